The highest BCUT2D eigenvalue weighted by Crippen LogP contribution is 2.18. The molecule has 0 aliphatic heterocycles. The van der Waals surface area contributed by atoms with Gasteiger partial charge in [-0.3, -0.25) is 4.79 Å². The summed E-state index contributed by atoms with van der Waals surface area (Å²) in [5.74, 6) is -0.193. The van der Waals surface area contributed by atoms with Gasteiger partial charge in [0, 0.05) is 12.3 Å². The molecule has 0 unspecified atom stereocenters. The molecule has 0 spiro atoms. The summed E-state index contributed by atoms with van der Waals surface area (Å²) in [4.78, 5) is 23.2. The van der Waals surface area contributed by atoms with Crippen LogP contribution in [-0.4, -0.2) is 24.9 Å². The van der Waals surface area contributed by atoms with Crippen molar-refractivity contribution in [1.82, 2.24) is 0 Å². The first-order chi connectivity index (χ1) is 8.58. The second-order valence-corrected chi connectivity index (χ2v) is 4.26. The number of ether oxygens (including phenoxy) is 1. The topological polar surface area (TPSA) is 55.4 Å². The third-order valence-electron chi connectivity index (χ3n) is 2.39. The number of anilines is 1. The van der Waals surface area contributed by atoms with Crippen molar-refractivity contribution < 1.29 is 14.3 Å². The third kappa shape index (κ3) is 4.04. The Morgan fingerprint density at radius 1 is 1.39 bits per heavy atom. The Balaban J connectivity index is 2.87. The highest BCUT2D eigenvalue weighted by molar-refractivity contribution is 6.18. The molecule has 1 N–H and O–H groups in total. The molecule has 1 aromatic carbocycles. The second kappa shape index (κ2) is 7.01. The van der Waals surface area contributed by atoms with Crippen LogP contribution in [0.15, 0.2) is 18.2 Å². The van der Waals surface area contributed by atoms with E-state index in [1.54, 1.807) is 12.1 Å². The van der Waals surface area contributed by atoms with E-state index in [4.69, 9.17) is 11.6 Å². The lowest BCUT2D eigenvalue weighted by Gasteiger charge is -2.10. The molecule has 0 saturated heterocycles. The van der Waals surface area contributed by atoms with Crippen molar-refractivity contribution in [2.24, 2.45) is 0 Å². The smallest absolute Gasteiger partial charge is 0.339 e. The first kappa shape index (κ1) is 14.5. The highest BCUT2D eigenvalue weighted by Gasteiger charge is 2.13. The van der Waals surface area contributed by atoms with Gasteiger partial charge in [0.15, 0.2) is 0 Å². The molecule has 0 bridgehead atoms. The van der Waals surface area contributed by atoms with E-state index in [0.29, 0.717) is 30.0 Å². The maximum absolute atomic E-state index is 11.6. The Morgan fingerprint density at radius 3 is 2.72 bits per heavy atom. The summed E-state index contributed by atoms with van der Waals surface area (Å²) in [6, 6.07) is 5.20. The van der Waals surface area contributed by atoms with Crippen LogP contribution < -0.4 is 5.32 Å². The van der Waals surface area contributed by atoms with Gasteiger partial charge >= 0.3 is 5.97 Å². The molecule has 4 nitrogen and oxygen atoms in total. The zero-order valence-electron chi connectivity index (χ0n) is 10.5. The molecule has 0 aliphatic carbocycles. The van der Waals surface area contributed by atoms with Gasteiger partial charge in [-0.2, -0.15) is 0 Å². The molecule has 18 heavy (non-hydrogen) atoms. The maximum atomic E-state index is 11.6. The molecule has 0 fully saturated rings. The number of benzene rings is 1. The van der Waals surface area contributed by atoms with Gasteiger partial charge in [-0.15, -0.1) is 11.6 Å². The van der Waals surface area contributed by atoms with Crippen LogP contribution >= 0.6 is 11.6 Å². The van der Waals surface area contributed by atoms with Gasteiger partial charge in [0.05, 0.1) is 18.4 Å². The molecular weight excluding hydrogens is 254 g/mol. The lowest BCUT2D eigenvalue weighted by molar-refractivity contribution is -0.116. The zero-order valence-corrected chi connectivity index (χ0v) is 11.2. The molecule has 0 atom stereocenters. The number of carbonyl (C=O) groups excluding carboxylic acids is 2. The van der Waals surface area contributed by atoms with Crippen LogP contribution in [0.5, 0.6) is 0 Å². The fourth-order valence-electron chi connectivity index (χ4n) is 1.49. The van der Waals surface area contributed by atoms with Gasteiger partial charge in [0.2, 0.25) is 5.91 Å². The number of aryl methyl sites for hydroxylation is 1. The second-order valence-electron chi connectivity index (χ2n) is 3.88. The standard InChI is InChI=1S/C13H16ClNO3/c1-9-5-6-11(10(8-9)13(17)18-2)15-12(16)4-3-7-14/h5-6,8H,3-4,7H2,1-2H3,(H,15,16). The molecule has 0 heterocycles. The van der Waals surface area contributed by atoms with Crippen molar-refractivity contribution in [2.45, 2.75) is 19.8 Å². The molecule has 5 heteroatoms. The van der Waals surface area contributed by atoms with Gasteiger partial charge in [-0.25, -0.2) is 4.79 Å². The van der Waals surface area contributed by atoms with E-state index in [9.17, 15) is 9.59 Å². The molecule has 1 amide bonds. The minimum Gasteiger partial charge on any atom is -0.465 e. The number of esters is 1. The fraction of sp³-hybridized carbons (Fsp3) is 0.385. The van der Waals surface area contributed by atoms with Crippen molar-refractivity contribution in [2.75, 3.05) is 18.3 Å². The number of hydrogen-bond acceptors (Lipinski definition) is 3. The predicted octanol–water partition coefficient (Wildman–Crippen LogP) is 2.74. The van der Waals surface area contributed by atoms with E-state index in [-0.39, 0.29) is 5.91 Å². The fourth-order valence-corrected chi connectivity index (χ4v) is 1.62. The van der Waals surface area contributed by atoms with E-state index in [2.05, 4.69) is 10.1 Å². The molecule has 0 aliphatic rings. The van der Waals surface area contributed by atoms with Gasteiger partial charge in [-0.05, 0) is 25.5 Å². The largest absolute Gasteiger partial charge is 0.465 e. The van der Waals surface area contributed by atoms with E-state index in [1.165, 1.54) is 7.11 Å². The number of amides is 1. The monoisotopic (exact) mass is 269 g/mol. The van der Waals surface area contributed by atoms with E-state index >= 15 is 0 Å². The SMILES string of the molecule is COC(=O)c1cc(C)ccc1NC(=O)CCCCl. The van der Waals surface area contributed by atoms with Crippen LogP contribution in [0.3, 0.4) is 0 Å². The van der Waals surface area contributed by atoms with E-state index in [0.717, 1.165) is 5.56 Å². The van der Waals surface area contributed by atoms with Crippen molar-refractivity contribution >= 4 is 29.2 Å². The Morgan fingerprint density at radius 2 is 2.11 bits per heavy atom. The Bertz CT molecular complexity index is 446. The molecule has 0 saturated carbocycles. The van der Waals surface area contributed by atoms with E-state index in [1.807, 2.05) is 13.0 Å². The number of hydrogen-bond donors (Lipinski definition) is 1. The summed E-state index contributed by atoms with van der Waals surface area (Å²) in [5, 5.41) is 2.69. The lowest BCUT2D eigenvalue weighted by atomic mass is 10.1. The lowest BCUT2D eigenvalue weighted by Crippen LogP contribution is -2.15. The number of halogens is 1. The molecule has 1 rings (SSSR count). The third-order valence-corrected chi connectivity index (χ3v) is 2.66. The minimum absolute atomic E-state index is 0.162. The summed E-state index contributed by atoms with van der Waals surface area (Å²) in [6.45, 7) is 1.87. The zero-order chi connectivity index (χ0) is 13.5. The summed E-state index contributed by atoms with van der Waals surface area (Å²) in [7, 11) is 1.31. The van der Waals surface area contributed by atoms with Crippen molar-refractivity contribution in [3.63, 3.8) is 0 Å². The van der Waals surface area contributed by atoms with Crippen LogP contribution in [0.2, 0.25) is 0 Å². The summed E-state index contributed by atoms with van der Waals surface area (Å²) in [6.07, 6.45) is 0.935. The van der Waals surface area contributed by atoms with Crippen LogP contribution in [-0.2, 0) is 9.53 Å². The normalized spacial score (nSPS) is 9.94. The number of nitrogens with one attached hydrogen (secondary N) is 1. The van der Waals surface area contributed by atoms with Crippen LogP contribution in [0.4, 0.5) is 5.69 Å². The first-order valence-corrected chi connectivity index (χ1v) is 6.16. The highest BCUT2D eigenvalue weighted by atomic mass is 35.5. The van der Waals surface area contributed by atoms with Crippen LogP contribution in [0.25, 0.3) is 0 Å². The molecule has 0 radical (unpaired) electrons. The van der Waals surface area contributed by atoms with E-state index < -0.39 is 5.97 Å². The average molecular weight is 270 g/mol. The molecule has 1 aromatic rings. The average Bonchev–Trinajstić information content (AvgIpc) is 2.37. The summed E-state index contributed by atoms with van der Waals surface area (Å²) >= 11 is 5.52. The summed E-state index contributed by atoms with van der Waals surface area (Å²) < 4.78 is 4.68. The Labute approximate surface area is 111 Å². The van der Waals surface area contributed by atoms with Gasteiger partial charge in [0.1, 0.15) is 0 Å². The number of methoxy groups -OCH3 is 1. The first-order valence-electron chi connectivity index (χ1n) is 5.63. The Kier molecular flexibility index (Phi) is 5.65. The van der Waals surface area contributed by atoms with Crippen molar-refractivity contribution in [3.05, 3.63) is 29.3 Å². The van der Waals surface area contributed by atoms with Gasteiger partial charge < -0.3 is 10.1 Å². The van der Waals surface area contributed by atoms with Crippen LogP contribution in [0, 0.1) is 6.92 Å². The Hall–Kier alpha value is -1.55. The number of alkyl halides is 1. The summed E-state index contributed by atoms with van der Waals surface area (Å²) in [5.41, 5.74) is 1.75. The van der Waals surface area contributed by atoms with Gasteiger partial charge in [-0.1, -0.05) is 11.6 Å². The van der Waals surface area contributed by atoms with Crippen molar-refractivity contribution in [1.29, 1.82) is 0 Å². The minimum atomic E-state index is -0.466. The van der Waals surface area contributed by atoms with Crippen LogP contribution in [0.1, 0.15) is 28.8 Å². The maximum Gasteiger partial charge on any atom is 0.339 e. The van der Waals surface area contributed by atoms with Crippen molar-refractivity contribution in [3.8, 4) is 0 Å². The predicted molar refractivity (Wildman–Crippen MR) is 71.1 cm³/mol. The van der Waals surface area contributed by atoms with Gasteiger partial charge in [0.25, 0.3) is 0 Å². The quantitative estimate of drug-likeness (QED) is 0.660. The molecular formula is C13H16ClNO3. The molecule has 98 valence electrons. The number of rotatable bonds is 5. The molecule has 0 aromatic heterocycles. The number of carbonyl (C=O) groups is 2.